The summed E-state index contributed by atoms with van der Waals surface area (Å²) < 4.78 is 15.8. The molecule has 0 saturated carbocycles. The third kappa shape index (κ3) is 4.91. The molecule has 0 bridgehead atoms. The van der Waals surface area contributed by atoms with Crippen LogP contribution in [-0.4, -0.2) is 33.1 Å². The molecule has 0 fully saturated rings. The molecular formula is C20H24N2O5. The van der Waals surface area contributed by atoms with Crippen LogP contribution in [0.3, 0.4) is 0 Å². The standard InChI is InChI=1S/C20H24N2O5/c1-12(2)19(23)21-14-8-6-7-13(9-14)20(24)22-15-10-16(25-3)18(27-5)17(11-15)26-4/h6-12H,1-5H3,(H,21,23)(H,22,24). The number of nitrogens with one attached hydrogen (secondary N) is 2. The van der Waals surface area contributed by atoms with Crippen LogP contribution in [0.2, 0.25) is 0 Å². The summed E-state index contributed by atoms with van der Waals surface area (Å²) in [7, 11) is 4.52. The Balaban J connectivity index is 2.23. The molecule has 2 aromatic carbocycles. The van der Waals surface area contributed by atoms with Crippen LogP contribution >= 0.6 is 0 Å². The second-order valence-corrected chi connectivity index (χ2v) is 6.09. The van der Waals surface area contributed by atoms with Crippen LogP contribution < -0.4 is 24.8 Å². The van der Waals surface area contributed by atoms with Crippen molar-refractivity contribution in [2.75, 3.05) is 32.0 Å². The molecular weight excluding hydrogens is 348 g/mol. The Morgan fingerprint density at radius 3 is 2.00 bits per heavy atom. The lowest BCUT2D eigenvalue weighted by Gasteiger charge is -2.15. The lowest BCUT2D eigenvalue weighted by molar-refractivity contribution is -0.118. The van der Waals surface area contributed by atoms with Crippen LogP contribution in [-0.2, 0) is 4.79 Å². The maximum absolute atomic E-state index is 12.6. The fourth-order valence-electron chi connectivity index (χ4n) is 2.38. The summed E-state index contributed by atoms with van der Waals surface area (Å²) in [6.45, 7) is 3.60. The van der Waals surface area contributed by atoms with E-state index in [1.54, 1.807) is 50.2 Å². The van der Waals surface area contributed by atoms with E-state index in [0.29, 0.717) is 34.2 Å². The highest BCUT2D eigenvalue weighted by Crippen LogP contribution is 2.40. The number of rotatable bonds is 7. The zero-order valence-electron chi connectivity index (χ0n) is 16.1. The van der Waals surface area contributed by atoms with Crippen molar-refractivity contribution in [1.29, 1.82) is 0 Å². The normalized spacial score (nSPS) is 10.3. The number of anilines is 2. The lowest BCUT2D eigenvalue weighted by atomic mass is 10.1. The number of hydrogen-bond donors (Lipinski definition) is 2. The van der Waals surface area contributed by atoms with Crippen LogP contribution in [0.5, 0.6) is 17.2 Å². The third-order valence-electron chi connectivity index (χ3n) is 3.84. The highest BCUT2D eigenvalue weighted by molar-refractivity contribution is 6.05. The Morgan fingerprint density at radius 1 is 0.852 bits per heavy atom. The number of carbonyl (C=O) groups is 2. The van der Waals surface area contributed by atoms with E-state index in [4.69, 9.17) is 14.2 Å². The molecule has 27 heavy (non-hydrogen) atoms. The maximum Gasteiger partial charge on any atom is 0.255 e. The number of ether oxygens (including phenoxy) is 3. The zero-order valence-corrected chi connectivity index (χ0v) is 16.1. The summed E-state index contributed by atoms with van der Waals surface area (Å²) in [6, 6.07) is 10.0. The first-order valence-corrected chi connectivity index (χ1v) is 8.41. The van der Waals surface area contributed by atoms with E-state index in [1.165, 1.54) is 21.3 Å². The molecule has 0 spiro atoms. The number of benzene rings is 2. The average Bonchev–Trinajstić information content (AvgIpc) is 2.67. The number of methoxy groups -OCH3 is 3. The summed E-state index contributed by atoms with van der Waals surface area (Å²) in [6.07, 6.45) is 0. The first kappa shape index (κ1) is 20.1. The summed E-state index contributed by atoms with van der Waals surface area (Å²) in [5.41, 5.74) is 1.46. The van der Waals surface area contributed by atoms with Crippen molar-refractivity contribution >= 4 is 23.2 Å². The molecule has 0 aliphatic rings. The smallest absolute Gasteiger partial charge is 0.255 e. The van der Waals surface area contributed by atoms with Crippen LogP contribution in [0, 0.1) is 5.92 Å². The van der Waals surface area contributed by atoms with Gasteiger partial charge in [-0.2, -0.15) is 0 Å². The SMILES string of the molecule is COc1cc(NC(=O)c2cccc(NC(=O)C(C)C)c2)cc(OC)c1OC. The highest BCUT2D eigenvalue weighted by atomic mass is 16.5. The highest BCUT2D eigenvalue weighted by Gasteiger charge is 2.15. The van der Waals surface area contributed by atoms with Crippen molar-refractivity contribution in [3.63, 3.8) is 0 Å². The van der Waals surface area contributed by atoms with Gasteiger partial charge in [-0.05, 0) is 18.2 Å². The molecule has 0 unspecified atom stereocenters. The van der Waals surface area contributed by atoms with Gasteiger partial charge in [0.15, 0.2) is 11.5 Å². The van der Waals surface area contributed by atoms with Crippen molar-refractivity contribution in [2.24, 2.45) is 5.92 Å². The van der Waals surface area contributed by atoms with Crippen LogP contribution in [0.1, 0.15) is 24.2 Å². The predicted molar refractivity (Wildman–Crippen MR) is 104 cm³/mol. The van der Waals surface area contributed by atoms with E-state index in [-0.39, 0.29) is 17.7 Å². The molecule has 0 aromatic heterocycles. The minimum atomic E-state index is -0.329. The van der Waals surface area contributed by atoms with Gasteiger partial charge in [0.2, 0.25) is 11.7 Å². The number of amides is 2. The molecule has 144 valence electrons. The monoisotopic (exact) mass is 372 g/mol. The molecule has 2 amide bonds. The Bertz CT molecular complexity index is 808. The second kappa shape index (κ2) is 8.93. The predicted octanol–water partition coefficient (Wildman–Crippen LogP) is 3.56. The molecule has 0 saturated heterocycles. The van der Waals surface area contributed by atoms with Gasteiger partial charge in [-0.25, -0.2) is 0 Å². The van der Waals surface area contributed by atoms with E-state index in [9.17, 15) is 9.59 Å². The van der Waals surface area contributed by atoms with Gasteiger partial charge in [0, 0.05) is 35.0 Å². The fraction of sp³-hybridized carbons (Fsp3) is 0.300. The number of carbonyl (C=O) groups excluding carboxylic acids is 2. The fourth-order valence-corrected chi connectivity index (χ4v) is 2.38. The molecule has 0 aliphatic heterocycles. The third-order valence-corrected chi connectivity index (χ3v) is 3.84. The molecule has 0 atom stereocenters. The van der Waals surface area contributed by atoms with Crippen molar-refractivity contribution in [2.45, 2.75) is 13.8 Å². The van der Waals surface area contributed by atoms with Gasteiger partial charge in [0.05, 0.1) is 21.3 Å². The van der Waals surface area contributed by atoms with Crippen molar-refractivity contribution in [1.82, 2.24) is 0 Å². The summed E-state index contributed by atoms with van der Waals surface area (Å²) >= 11 is 0. The quantitative estimate of drug-likeness (QED) is 0.776. The van der Waals surface area contributed by atoms with E-state index in [1.807, 2.05) is 0 Å². The van der Waals surface area contributed by atoms with Gasteiger partial charge in [0.1, 0.15) is 0 Å². The van der Waals surface area contributed by atoms with Gasteiger partial charge in [-0.3, -0.25) is 9.59 Å². The van der Waals surface area contributed by atoms with Crippen LogP contribution in [0.15, 0.2) is 36.4 Å². The van der Waals surface area contributed by atoms with Gasteiger partial charge >= 0.3 is 0 Å². The van der Waals surface area contributed by atoms with Gasteiger partial charge in [-0.15, -0.1) is 0 Å². The molecule has 7 heteroatoms. The molecule has 0 aliphatic carbocycles. The van der Waals surface area contributed by atoms with Crippen molar-refractivity contribution in [3.8, 4) is 17.2 Å². The van der Waals surface area contributed by atoms with Crippen molar-refractivity contribution in [3.05, 3.63) is 42.0 Å². The van der Waals surface area contributed by atoms with Crippen LogP contribution in [0.4, 0.5) is 11.4 Å². The van der Waals surface area contributed by atoms with E-state index in [2.05, 4.69) is 10.6 Å². The summed E-state index contributed by atoms with van der Waals surface area (Å²) in [5, 5.41) is 5.57. The van der Waals surface area contributed by atoms with Crippen LogP contribution in [0.25, 0.3) is 0 Å². The Kier molecular flexibility index (Phi) is 6.65. The Hall–Kier alpha value is -3.22. The van der Waals surface area contributed by atoms with Crippen molar-refractivity contribution < 1.29 is 23.8 Å². The molecule has 2 rings (SSSR count). The van der Waals surface area contributed by atoms with E-state index >= 15 is 0 Å². The summed E-state index contributed by atoms with van der Waals surface area (Å²) in [4.78, 5) is 24.4. The first-order valence-electron chi connectivity index (χ1n) is 8.41. The topological polar surface area (TPSA) is 85.9 Å². The Morgan fingerprint density at radius 2 is 1.48 bits per heavy atom. The molecule has 7 nitrogen and oxygen atoms in total. The lowest BCUT2D eigenvalue weighted by Crippen LogP contribution is -2.18. The van der Waals surface area contributed by atoms with E-state index < -0.39 is 0 Å². The minimum Gasteiger partial charge on any atom is -0.493 e. The maximum atomic E-state index is 12.6. The second-order valence-electron chi connectivity index (χ2n) is 6.09. The average molecular weight is 372 g/mol. The zero-order chi connectivity index (χ0) is 20.0. The molecule has 0 radical (unpaired) electrons. The summed E-state index contributed by atoms with van der Waals surface area (Å²) in [5.74, 6) is 0.718. The minimum absolute atomic E-state index is 0.114. The molecule has 2 aromatic rings. The first-order chi connectivity index (χ1) is 12.9. The molecule has 2 N–H and O–H groups in total. The largest absolute Gasteiger partial charge is 0.493 e. The molecule has 0 heterocycles. The van der Waals surface area contributed by atoms with Gasteiger partial charge in [-0.1, -0.05) is 19.9 Å². The van der Waals surface area contributed by atoms with E-state index in [0.717, 1.165) is 0 Å². The Labute approximate surface area is 158 Å². The number of hydrogen-bond acceptors (Lipinski definition) is 5. The van der Waals surface area contributed by atoms with Gasteiger partial charge in [0.25, 0.3) is 5.91 Å². The van der Waals surface area contributed by atoms with Gasteiger partial charge < -0.3 is 24.8 Å².